The third-order valence-electron chi connectivity index (χ3n) is 6.74. The van der Waals surface area contributed by atoms with Gasteiger partial charge in [-0.15, -0.1) is 0 Å². The van der Waals surface area contributed by atoms with Gasteiger partial charge in [0.25, 0.3) is 11.7 Å². The van der Waals surface area contributed by atoms with Crippen molar-refractivity contribution < 1.29 is 24.2 Å². The number of nitrogens with zero attached hydrogens (tertiary/aromatic N) is 2. The molecule has 2 aliphatic heterocycles. The van der Waals surface area contributed by atoms with Crippen LogP contribution in [0.3, 0.4) is 0 Å². The summed E-state index contributed by atoms with van der Waals surface area (Å²) in [5.41, 5.74) is 2.19. The summed E-state index contributed by atoms with van der Waals surface area (Å²) in [5, 5.41) is 11.4. The van der Waals surface area contributed by atoms with E-state index >= 15 is 0 Å². The van der Waals surface area contributed by atoms with E-state index in [1.807, 2.05) is 37.3 Å². The number of carbonyl (C=O) groups excluding carboxylic acids is 2. The monoisotopic (exact) mass is 570 g/mol. The fourth-order valence-electron chi connectivity index (χ4n) is 4.79. The average Bonchev–Trinajstić information content (AvgIpc) is 3.13. The number of benzene rings is 2. The minimum absolute atomic E-state index is 0.123. The van der Waals surface area contributed by atoms with E-state index in [1.165, 1.54) is 0 Å². The van der Waals surface area contributed by atoms with Gasteiger partial charge in [-0.2, -0.15) is 0 Å². The first-order chi connectivity index (χ1) is 17.8. The SMILES string of the molecule is Cc1cc(OCC(C)C)ccc1C(O)=C1C(=O)C(=O)N(CCCN2CCOCC2)[C@H]1c1ccc(Br)cc1. The molecule has 0 aromatic heterocycles. The lowest BCUT2D eigenvalue weighted by Gasteiger charge is -2.29. The van der Waals surface area contributed by atoms with Crippen LogP contribution < -0.4 is 4.74 Å². The van der Waals surface area contributed by atoms with Crippen LogP contribution in [-0.2, 0) is 14.3 Å². The molecule has 1 N–H and O–H groups in total. The highest BCUT2D eigenvalue weighted by molar-refractivity contribution is 9.10. The van der Waals surface area contributed by atoms with Crippen molar-refractivity contribution in [3.8, 4) is 5.75 Å². The summed E-state index contributed by atoms with van der Waals surface area (Å²) < 4.78 is 12.1. The highest BCUT2D eigenvalue weighted by Gasteiger charge is 2.46. The maximum atomic E-state index is 13.3. The summed E-state index contributed by atoms with van der Waals surface area (Å²) in [7, 11) is 0. The second-order valence-electron chi connectivity index (χ2n) is 10.0. The van der Waals surface area contributed by atoms with Gasteiger partial charge in [-0.1, -0.05) is 41.9 Å². The van der Waals surface area contributed by atoms with E-state index in [0.717, 1.165) is 41.7 Å². The van der Waals surface area contributed by atoms with Crippen LogP contribution in [0.2, 0.25) is 0 Å². The number of ether oxygens (including phenoxy) is 2. The van der Waals surface area contributed by atoms with E-state index in [2.05, 4.69) is 34.7 Å². The molecule has 1 amide bonds. The number of hydrogen-bond donors (Lipinski definition) is 1. The molecule has 4 rings (SSSR count). The maximum Gasteiger partial charge on any atom is 0.295 e. The molecule has 2 aromatic rings. The van der Waals surface area contributed by atoms with Gasteiger partial charge in [-0.25, -0.2) is 0 Å². The number of likely N-dealkylation sites (tertiary alicyclic amines) is 1. The number of amides is 1. The van der Waals surface area contributed by atoms with Gasteiger partial charge in [0.1, 0.15) is 11.5 Å². The van der Waals surface area contributed by atoms with Crippen LogP contribution in [0.5, 0.6) is 5.75 Å². The standard InChI is InChI=1S/C29H35BrN2O5/c1-19(2)18-37-23-9-10-24(20(3)17-23)27(33)25-26(21-5-7-22(30)8-6-21)32(29(35)28(25)34)12-4-11-31-13-15-36-16-14-31/h5-10,17,19,26,33H,4,11-16,18H2,1-3H3/t26-/m0/s1. The van der Waals surface area contributed by atoms with E-state index in [0.29, 0.717) is 43.6 Å². The predicted molar refractivity (Wildman–Crippen MR) is 147 cm³/mol. The molecule has 2 fully saturated rings. The van der Waals surface area contributed by atoms with Crippen LogP contribution in [0.4, 0.5) is 0 Å². The van der Waals surface area contributed by atoms with Crippen molar-refractivity contribution in [1.82, 2.24) is 9.80 Å². The zero-order chi connectivity index (χ0) is 26.5. The summed E-state index contributed by atoms with van der Waals surface area (Å²) in [6, 6.07) is 12.3. The molecule has 2 heterocycles. The first kappa shape index (κ1) is 27.4. The van der Waals surface area contributed by atoms with Crippen molar-refractivity contribution >= 4 is 33.4 Å². The number of ketones is 1. The normalized spacial score (nSPS) is 20.1. The second-order valence-corrected chi connectivity index (χ2v) is 10.9. The van der Waals surface area contributed by atoms with Crippen molar-refractivity contribution in [2.75, 3.05) is 46.0 Å². The summed E-state index contributed by atoms with van der Waals surface area (Å²) in [6.45, 7) is 11.0. The summed E-state index contributed by atoms with van der Waals surface area (Å²) in [4.78, 5) is 30.5. The largest absolute Gasteiger partial charge is 0.507 e. The number of rotatable bonds is 9. The van der Waals surface area contributed by atoms with Crippen LogP contribution >= 0.6 is 15.9 Å². The highest BCUT2D eigenvalue weighted by atomic mass is 79.9. The first-order valence-electron chi connectivity index (χ1n) is 12.8. The van der Waals surface area contributed by atoms with E-state index in [1.54, 1.807) is 17.0 Å². The van der Waals surface area contributed by atoms with Crippen molar-refractivity contribution in [1.29, 1.82) is 0 Å². The number of Topliss-reactive ketones (excluding diaryl/α,β-unsaturated/α-hetero) is 1. The maximum absolute atomic E-state index is 13.3. The Hall–Kier alpha value is -2.68. The van der Waals surface area contributed by atoms with Crippen LogP contribution in [0.25, 0.3) is 5.76 Å². The van der Waals surface area contributed by atoms with Crippen LogP contribution in [-0.4, -0.2) is 72.6 Å². The third kappa shape index (κ3) is 6.43. The second kappa shape index (κ2) is 12.2. The number of aliphatic hydroxyl groups is 1. The van der Waals surface area contributed by atoms with E-state index in [4.69, 9.17) is 9.47 Å². The van der Waals surface area contributed by atoms with Crippen LogP contribution in [0, 0.1) is 12.8 Å². The Balaban J connectivity index is 1.65. The lowest BCUT2D eigenvalue weighted by Crippen LogP contribution is -2.38. The molecule has 0 saturated carbocycles. The number of aliphatic hydroxyl groups excluding tert-OH is 1. The zero-order valence-corrected chi connectivity index (χ0v) is 23.3. The molecule has 2 saturated heterocycles. The molecule has 8 heteroatoms. The van der Waals surface area contributed by atoms with Gasteiger partial charge in [-0.3, -0.25) is 14.5 Å². The molecule has 1 atom stereocenters. The van der Waals surface area contributed by atoms with E-state index < -0.39 is 17.7 Å². The molecule has 0 spiro atoms. The van der Waals surface area contributed by atoms with Gasteiger partial charge in [0.2, 0.25) is 0 Å². The molecule has 7 nitrogen and oxygen atoms in total. The van der Waals surface area contributed by atoms with Gasteiger partial charge in [-0.05, 0) is 60.7 Å². The Morgan fingerprint density at radius 1 is 1.11 bits per heavy atom. The lowest BCUT2D eigenvalue weighted by molar-refractivity contribution is -0.140. The molecule has 37 heavy (non-hydrogen) atoms. The van der Waals surface area contributed by atoms with Gasteiger partial charge < -0.3 is 19.5 Å². The first-order valence-corrected chi connectivity index (χ1v) is 13.6. The summed E-state index contributed by atoms with van der Waals surface area (Å²) in [5.74, 6) is -0.300. The lowest BCUT2D eigenvalue weighted by atomic mass is 9.94. The highest BCUT2D eigenvalue weighted by Crippen LogP contribution is 2.40. The van der Waals surface area contributed by atoms with Gasteiger partial charge >= 0.3 is 0 Å². The molecule has 0 unspecified atom stereocenters. The molecular formula is C29H35BrN2O5. The number of morpholine rings is 1. The smallest absolute Gasteiger partial charge is 0.295 e. The Morgan fingerprint density at radius 3 is 2.46 bits per heavy atom. The van der Waals surface area contributed by atoms with Gasteiger partial charge in [0, 0.05) is 36.2 Å². The van der Waals surface area contributed by atoms with Crippen molar-refractivity contribution in [2.45, 2.75) is 33.2 Å². The minimum atomic E-state index is -0.658. The number of carbonyl (C=O) groups is 2. The van der Waals surface area contributed by atoms with Gasteiger partial charge in [0.15, 0.2) is 0 Å². The van der Waals surface area contributed by atoms with Crippen molar-refractivity contribution in [2.24, 2.45) is 5.92 Å². The fraction of sp³-hybridized carbons (Fsp3) is 0.448. The van der Waals surface area contributed by atoms with Crippen LogP contribution in [0.1, 0.15) is 43.0 Å². The molecular weight excluding hydrogens is 536 g/mol. The van der Waals surface area contributed by atoms with E-state index in [-0.39, 0.29) is 11.3 Å². The number of halogens is 1. The molecule has 0 bridgehead atoms. The molecule has 198 valence electrons. The molecule has 2 aliphatic rings. The number of hydrogen-bond acceptors (Lipinski definition) is 6. The minimum Gasteiger partial charge on any atom is -0.507 e. The Labute approximate surface area is 227 Å². The third-order valence-corrected chi connectivity index (χ3v) is 7.27. The number of aryl methyl sites for hydroxylation is 1. The Kier molecular flexibility index (Phi) is 9.05. The molecule has 0 radical (unpaired) electrons. The predicted octanol–water partition coefficient (Wildman–Crippen LogP) is 4.94. The van der Waals surface area contributed by atoms with Crippen LogP contribution in [0.15, 0.2) is 52.5 Å². The molecule has 2 aromatic carbocycles. The average molecular weight is 572 g/mol. The zero-order valence-electron chi connectivity index (χ0n) is 21.7. The Bertz CT molecular complexity index is 1160. The summed E-state index contributed by atoms with van der Waals surface area (Å²) in [6.07, 6.45) is 0.723. The van der Waals surface area contributed by atoms with Crippen molar-refractivity contribution in [3.05, 3.63) is 69.2 Å². The van der Waals surface area contributed by atoms with E-state index in [9.17, 15) is 14.7 Å². The summed E-state index contributed by atoms with van der Waals surface area (Å²) >= 11 is 3.46. The Morgan fingerprint density at radius 2 is 1.81 bits per heavy atom. The molecule has 0 aliphatic carbocycles. The quantitative estimate of drug-likeness (QED) is 0.261. The fourth-order valence-corrected chi connectivity index (χ4v) is 5.06. The van der Waals surface area contributed by atoms with Crippen molar-refractivity contribution in [3.63, 3.8) is 0 Å². The topological polar surface area (TPSA) is 79.3 Å². The van der Waals surface area contributed by atoms with Gasteiger partial charge in [0.05, 0.1) is 31.4 Å².